The summed E-state index contributed by atoms with van der Waals surface area (Å²) in [7, 11) is 0. The van der Waals surface area contributed by atoms with Crippen molar-refractivity contribution in [2.24, 2.45) is 5.92 Å². The molecule has 1 aliphatic rings. The lowest BCUT2D eigenvalue weighted by molar-refractivity contribution is 0.411. The van der Waals surface area contributed by atoms with E-state index >= 15 is 0 Å². The second-order valence-corrected chi connectivity index (χ2v) is 3.94. The Balaban J connectivity index is 2.43. The van der Waals surface area contributed by atoms with E-state index in [0.717, 1.165) is 18.9 Å². The molecule has 1 N–H and O–H groups in total. The van der Waals surface area contributed by atoms with Crippen LogP contribution in [0.3, 0.4) is 0 Å². The van der Waals surface area contributed by atoms with Crippen molar-refractivity contribution in [3.63, 3.8) is 0 Å². The summed E-state index contributed by atoms with van der Waals surface area (Å²) in [4.78, 5) is 2.25. The minimum Gasteiger partial charge on any atom is -0.360 e. The third-order valence-corrected chi connectivity index (χ3v) is 2.49. The molecule has 70 valence electrons. The van der Waals surface area contributed by atoms with Crippen LogP contribution in [0.2, 0.25) is 0 Å². The van der Waals surface area contributed by atoms with Crippen LogP contribution in [-0.2, 0) is 0 Å². The number of nitrogens with one attached hydrogen (secondary N) is 1. The Morgan fingerprint density at radius 3 is 2.00 bits per heavy atom. The molecule has 0 bridgehead atoms. The zero-order valence-corrected chi connectivity index (χ0v) is 8.27. The highest BCUT2D eigenvalue weighted by Crippen LogP contribution is 2.12. The maximum absolute atomic E-state index is 7.86. The van der Waals surface area contributed by atoms with Gasteiger partial charge in [-0.25, -0.2) is 0 Å². The minimum absolute atomic E-state index is 0.392. The Morgan fingerprint density at radius 1 is 1.08 bits per heavy atom. The van der Waals surface area contributed by atoms with Crippen molar-refractivity contribution in [3.8, 4) is 0 Å². The van der Waals surface area contributed by atoms with Crippen LogP contribution in [0.15, 0.2) is 0 Å². The number of amidine groups is 1. The molecule has 0 aromatic heterocycles. The van der Waals surface area contributed by atoms with E-state index < -0.39 is 0 Å². The molecule has 1 rings (SSSR count). The number of nitrogens with zero attached hydrogens (tertiary/aromatic N) is 1. The predicted octanol–water partition coefficient (Wildman–Crippen LogP) is 2.50. The van der Waals surface area contributed by atoms with E-state index in [1.807, 2.05) is 0 Å². The molecule has 1 aliphatic heterocycles. The lowest BCUT2D eigenvalue weighted by Gasteiger charge is -2.25. The highest BCUT2D eigenvalue weighted by Gasteiger charge is 2.14. The van der Waals surface area contributed by atoms with Crippen molar-refractivity contribution in [1.29, 1.82) is 5.41 Å². The Bertz CT molecular complexity index is 144. The summed E-state index contributed by atoms with van der Waals surface area (Å²) in [5.74, 6) is 1.22. The maximum atomic E-state index is 7.86. The molecule has 12 heavy (non-hydrogen) atoms. The molecule has 2 nitrogen and oxygen atoms in total. The summed E-state index contributed by atoms with van der Waals surface area (Å²) in [5.41, 5.74) is 0. The van der Waals surface area contributed by atoms with Crippen molar-refractivity contribution in [2.45, 2.75) is 39.5 Å². The zero-order chi connectivity index (χ0) is 8.97. The summed E-state index contributed by atoms with van der Waals surface area (Å²) >= 11 is 0. The van der Waals surface area contributed by atoms with Gasteiger partial charge in [-0.1, -0.05) is 26.7 Å². The lowest BCUT2D eigenvalue weighted by atomic mass is 10.2. The third kappa shape index (κ3) is 2.50. The first-order valence-corrected chi connectivity index (χ1v) is 5.05. The van der Waals surface area contributed by atoms with Crippen LogP contribution in [0.1, 0.15) is 39.5 Å². The molecule has 0 aliphatic carbocycles. The van der Waals surface area contributed by atoms with E-state index in [1.165, 1.54) is 25.7 Å². The van der Waals surface area contributed by atoms with E-state index in [4.69, 9.17) is 5.41 Å². The van der Waals surface area contributed by atoms with Crippen molar-refractivity contribution in [1.82, 2.24) is 4.90 Å². The number of hydrogen-bond donors (Lipinski definition) is 1. The summed E-state index contributed by atoms with van der Waals surface area (Å²) in [5, 5.41) is 7.86. The smallest absolute Gasteiger partial charge is 0.0983 e. The fourth-order valence-electron chi connectivity index (χ4n) is 1.68. The molecule has 1 fully saturated rings. The standard InChI is InChI=1S/C10H20N2/c1-9(2)10(11)12-7-5-3-4-6-8-12/h9,11H,3-8H2,1-2H3. The van der Waals surface area contributed by atoms with Crippen LogP contribution in [0.5, 0.6) is 0 Å². The number of hydrogen-bond acceptors (Lipinski definition) is 1. The molecule has 0 radical (unpaired) electrons. The number of likely N-dealkylation sites (tertiary alicyclic amines) is 1. The SMILES string of the molecule is CC(C)C(=N)N1CCCCCC1. The molecule has 0 aromatic rings. The van der Waals surface area contributed by atoms with Gasteiger partial charge in [0.15, 0.2) is 0 Å². The topological polar surface area (TPSA) is 27.1 Å². The van der Waals surface area contributed by atoms with Gasteiger partial charge in [0.25, 0.3) is 0 Å². The molecule has 2 heteroatoms. The molecule has 0 amide bonds. The number of rotatable bonds is 1. The quantitative estimate of drug-likeness (QED) is 0.472. The van der Waals surface area contributed by atoms with E-state index in [2.05, 4.69) is 18.7 Å². The van der Waals surface area contributed by atoms with Gasteiger partial charge in [-0.3, -0.25) is 5.41 Å². The molecule has 0 spiro atoms. The molecule has 0 atom stereocenters. The normalized spacial score (nSPS) is 19.4. The summed E-state index contributed by atoms with van der Waals surface area (Å²) < 4.78 is 0. The molecule has 0 saturated carbocycles. The van der Waals surface area contributed by atoms with Gasteiger partial charge in [0.2, 0.25) is 0 Å². The zero-order valence-electron chi connectivity index (χ0n) is 8.27. The highest BCUT2D eigenvalue weighted by atomic mass is 15.2. The second kappa shape index (κ2) is 4.48. The Hall–Kier alpha value is -0.530. The van der Waals surface area contributed by atoms with Crippen LogP contribution in [0.4, 0.5) is 0 Å². The first kappa shape index (κ1) is 9.56. The Kier molecular flexibility index (Phi) is 3.57. The molecular formula is C10H20N2. The maximum Gasteiger partial charge on any atom is 0.0983 e. The van der Waals surface area contributed by atoms with Gasteiger partial charge in [0.05, 0.1) is 5.84 Å². The Morgan fingerprint density at radius 2 is 1.58 bits per heavy atom. The highest BCUT2D eigenvalue weighted by molar-refractivity contribution is 5.80. The Labute approximate surface area is 75.5 Å². The van der Waals surface area contributed by atoms with Gasteiger partial charge in [-0.2, -0.15) is 0 Å². The largest absolute Gasteiger partial charge is 0.360 e. The molecule has 0 unspecified atom stereocenters. The fraction of sp³-hybridized carbons (Fsp3) is 0.900. The van der Waals surface area contributed by atoms with E-state index in [1.54, 1.807) is 0 Å². The monoisotopic (exact) mass is 168 g/mol. The van der Waals surface area contributed by atoms with Crippen LogP contribution in [0, 0.1) is 11.3 Å². The first-order valence-electron chi connectivity index (χ1n) is 5.05. The summed E-state index contributed by atoms with van der Waals surface area (Å²) in [6.45, 7) is 6.43. The second-order valence-electron chi connectivity index (χ2n) is 3.94. The van der Waals surface area contributed by atoms with Crippen molar-refractivity contribution < 1.29 is 0 Å². The summed E-state index contributed by atoms with van der Waals surface area (Å²) in [6, 6.07) is 0. The van der Waals surface area contributed by atoms with Gasteiger partial charge in [0, 0.05) is 19.0 Å². The van der Waals surface area contributed by atoms with Gasteiger partial charge in [0.1, 0.15) is 0 Å². The predicted molar refractivity (Wildman–Crippen MR) is 52.6 cm³/mol. The van der Waals surface area contributed by atoms with Crippen molar-refractivity contribution in [3.05, 3.63) is 0 Å². The van der Waals surface area contributed by atoms with Crippen molar-refractivity contribution in [2.75, 3.05) is 13.1 Å². The summed E-state index contributed by atoms with van der Waals surface area (Å²) in [6.07, 6.45) is 5.24. The van der Waals surface area contributed by atoms with Gasteiger partial charge in [-0.15, -0.1) is 0 Å². The average molecular weight is 168 g/mol. The van der Waals surface area contributed by atoms with Crippen LogP contribution in [-0.4, -0.2) is 23.8 Å². The van der Waals surface area contributed by atoms with Crippen LogP contribution in [0.25, 0.3) is 0 Å². The average Bonchev–Trinajstić information content (AvgIpc) is 2.30. The molecule has 0 aromatic carbocycles. The minimum atomic E-state index is 0.392. The van der Waals surface area contributed by atoms with E-state index in [0.29, 0.717) is 5.92 Å². The van der Waals surface area contributed by atoms with Crippen LogP contribution >= 0.6 is 0 Å². The van der Waals surface area contributed by atoms with Crippen molar-refractivity contribution >= 4 is 5.84 Å². The van der Waals surface area contributed by atoms with Gasteiger partial charge >= 0.3 is 0 Å². The third-order valence-electron chi connectivity index (χ3n) is 2.49. The first-order chi connectivity index (χ1) is 5.72. The van der Waals surface area contributed by atoms with E-state index in [-0.39, 0.29) is 0 Å². The van der Waals surface area contributed by atoms with Gasteiger partial charge in [-0.05, 0) is 12.8 Å². The van der Waals surface area contributed by atoms with Crippen LogP contribution < -0.4 is 0 Å². The molecule has 1 saturated heterocycles. The fourth-order valence-corrected chi connectivity index (χ4v) is 1.68. The van der Waals surface area contributed by atoms with E-state index in [9.17, 15) is 0 Å². The molecular weight excluding hydrogens is 148 g/mol. The van der Waals surface area contributed by atoms with Gasteiger partial charge < -0.3 is 4.90 Å². The lowest BCUT2D eigenvalue weighted by Crippen LogP contribution is -2.34. The molecule has 1 heterocycles.